The molecule has 1 unspecified atom stereocenters. The van der Waals surface area contributed by atoms with E-state index in [0.717, 1.165) is 19.4 Å². The molecule has 16 heavy (non-hydrogen) atoms. The standard InChI is InChI=1S/C11H18N2O3/c1-10(3-2-6-13-10)8(14)12-7-11(4-5-11)9(15)16/h13H,2-7H2,1H3,(H,12,14)(H,15,16). The van der Waals surface area contributed by atoms with Crippen molar-refractivity contribution in [1.29, 1.82) is 0 Å². The van der Waals surface area contributed by atoms with Crippen LogP contribution in [0.1, 0.15) is 32.6 Å². The number of amides is 1. The summed E-state index contributed by atoms with van der Waals surface area (Å²) < 4.78 is 0. The molecular weight excluding hydrogens is 208 g/mol. The number of hydrogen-bond acceptors (Lipinski definition) is 3. The first-order chi connectivity index (χ1) is 7.49. The van der Waals surface area contributed by atoms with Gasteiger partial charge in [0.2, 0.25) is 5.91 Å². The first-order valence-electron chi connectivity index (χ1n) is 5.75. The number of carboxylic acids is 1. The van der Waals surface area contributed by atoms with Crippen LogP contribution in [-0.2, 0) is 9.59 Å². The monoisotopic (exact) mass is 226 g/mol. The third-order valence-electron chi connectivity index (χ3n) is 3.76. The molecule has 1 aliphatic carbocycles. The fourth-order valence-corrected chi connectivity index (χ4v) is 2.15. The van der Waals surface area contributed by atoms with Gasteiger partial charge in [-0.25, -0.2) is 0 Å². The van der Waals surface area contributed by atoms with E-state index in [1.54, 1.807) is 0 Å². The molecule has 0 radical (unpaired) electrons. The Bertz CT molecular complexity index is 317. The minimum absolute atomic E-state index is 0.0717. The average Bonchev–Trinajstić information content (AvgIpc) is 2.92. The highest BCUT2D eigenvalue weighted by Gasteiger charge is 2.51. The van der Waals surface area contributed by atoms with Crippen LogP contribution in [0.2, 0.25) is 0 Å². The fraction of sp³-hybridized carbons (Fsp3) is 0.818. The number of aliphatic carboxylic acids is 1. The molecule has 1 amide bonds. The fourth-order valence-electron chi connectivity index (χ4n) is 2.15. The van der Waals surface area contributed by atoms with Crippen LogP contribution < -0.4 is 10.6 Å². The summed E-state index contributed by atoms with van der Waals surface area (Å²) in [6, 6.07) is 0. The van der Waals surface area contributed by atoms with E-state index >= 15 is 0 Å². The highest BCUT2D eigenvalue weighted by Crippen LogP contribution is 2.45. The maximum absolute atomic E-state index is 11.9. The maximum Gasteiger partial charge on any atom is 0.311 e. The van der Waals surface area contributed by atoms with E-state index in [0.29, 0.717) is 12.8 Å². The van der Waals surface area contributed by atoms with Crippen molar-refractivity contribution in [3.05, 3.63) is 0 Å². The minimum atomic E-state index is -0.794. The van der Waals surface area contributed by atoms with Crippen molar-refractivity contribution in [2.45, 2.75) is 38.1 Å². The summed E-state index contributed by atoms with van der Waals surface area (Å²) in [5.74, 6) is -0.866. The van der Waals surface area contributed by atoms with Crippen molar-refractivity contribution in [3.63, 3.8) is 0 Å². The lowest BCUT2D eigenvalue weighted by Crippen LogP contribution is -2.52. The molecule has 0 aromatic carbocycles. The molecule has 2 fully saturated rings. The number of rotatable bonds is 4. The summed E-state index contributed by atoms with van der Waals surface area (Å²) in [6.07, 6.45) is 3.16. The number of nitrogens with one attached hydrogen (secondary N) is 2. The molecule has 1 saturated carbocycles. The predicted molar refractivity (Wildman–Crippen MR) is 58.0 cm³/mol. The zero-order valence-electron chi connectivity index (χ0n) is 9.51. The van der Waals surface area contributed by atoms with Gasteiger partial charge >= 0.3 is 5.97 Å². The Balaban J connectivity index is 1.86. The topological polar surface area (TPSA) is 78.4 Å². The van der Waals surface area contributed by atoms with Crippen LogP contribution in [0, 0.1) is 5.41 Å². The van der Waals surface area contributed by atoms with E-state index in [1.165, 1.54) is 0 Å². The quantitative estimate of drug-likeness (QED) is 0.635. The van der Waals surface area contributed by atoms with E-state index in [-0.39, 0.29) is 12.5 Å². The van der Waals surface area contributed by atoms with Crippen molar-refractivity contribution >= 4 is 11.9 Å². The van der Waals surface area contributed by atoms with Crippen molar-refractivity contribution in [1.82, 2.24) is 10.6 Å². The molecule has 0 bridgehead atoms. The van der Waals surface area contributed by atoms with Gasteiger partial charge in [-0.05, 0) is 39.2 Å². The summed E-state index contributed by atoms with van der Waals surface area (Å²) in [4.78, 5) is 22.8. The Morgan fingerprint density at radius 2 is 2.06 bits per heavy atom. The van der Waals surface area contributed by atoms with E-state index < -0.39 is 16.9 Å². The van der Waals surface area contributed by atoms with Crippen LogP contribution in [0.4, 0.5) is 0 Å². The van der Waals surface area contributed by atoms with Crippen LogP contribution in [0.3, 0.4) is 0 Å². The van der Waals surface area contributed by atoms with E-state index in [4.69, 9.17) is 5.11 Å². The molecule has 5 nitrogen and oxygen atoms in total. The highest BCUT2D eigenvalue weighted by atomic mass is 16.4. The van der Waals surface area contributed by atoms with Crippen molar-refractivity contribution in [2.75, 3.05) is 13.1 Å². The van der Waals surface area contributed by atoms with Gasteiger partial charge < -0.3 is 15.7 Å². The summed E-state index contributed by atoms with van der Waals surface area (Å²) in [5.41, 5.74) is -1.18. The lowest BCUT2D eigenvalue weighted by molar-refractivity contribution is -0.143. The molecular formula is C11H18N2O3. The van der Waals surface area contributed by atoms with Gasteiger partial charge in [-0.3, -0.25) is 9.59 Å². The van der Waals surface area contributed by atoms with E-state index in [9.17, 15) is 9.59 Å². The van der Waals surface area contributed by atoms with Crippen LogP contribution in [0.5, 0.6) is 0 Å². The molecule has 1 heterocycles. The first kappa shape index (κ1) is 11.4. The zero-order chi connectivity index (χ0) is 11.8. The molecule has 1 saturated heterocycles. The lowest BCUT2D eigenvalue weighted by Gasteiger charge is -2.24. The Kier molecular flexibility index (Phi) is 2.66. The molecule has 3 N–H and O–H groups in total. The summed E-state index contributed by atoms with van der Waals surface area (Å²) in [5, 5.41) is 14.9. The van der Waals surface area contributed by atoms with Gasteiger partial charge in [0.1, 0.15) is 0 Å². The van der Waals surface area contributed by atoms with Gasteiger partial charge in [-0.1, -0.05) is 0 Å². The van der Waals surface area contributed by atoms with Crippen LogP contribution in [0.15, 0.2) is 0 Å². The number of carbonyl (C=O) groups excluding carboxylic acids is 1. The molecule has 0 aromatic heterocycles. The summed E-state index contributed by atoms with van der Waals surface area (Å²) in [6.45, 7) is 2.99. The highest BCUT2D eigenvalue weighted by molar-refractivity contribution is 5.87. The molecule has 1 aliphatic heterocycles. The number of hydrogen-bond donors (Lipinski definition) is 3. The van der Waals surface area contributed by atoms with Crippen LogP contribution in [-0.4, -0.2) is 35.6 Å². The molecule has 1 atom stereocenters. The third-order valence-corrected chi connectivity index (χ3v) is 3.76. The lowest BCUT2D eigenvalue weighted by atomic mass is 9.98. The van der Waals surface area contributed by atoms with Gasteiger partial charge in [0.25, 0.3) is 0 Å². The molecule has 2 aliphatic rings. The second-order valence-corrected chi connectivity index (χ2v) is 5.13. The molecule has 0 spiro atoms. The van der Waals surface area contributed by atoms with Gasteiger partial charge in [0.15, 0.2) is 0 Å². The van der Waals surface area contributed by atoms with Crippen LogP contribution in [0.25, 0.3) is 0 Å². The largest absolute Gasteiger partial charge is 0.481 e. The number of carbonyl (C=O) groups is 2. The first-order valence-corrected chi connectivity index (χ1v) is 5.75. The summed E-state index contributed by atoms with van der Waals surface area (Å²) in [7, 11) is 0. The molecule has 2 rings (SSSR count). The second kappa shape index (κ2) is 3.73. The maximum atomic E-state index is 11.9. The SMILES string of the molecule is CC1(C(=O)NCC2(C(=O)O)CC2)CCCN1. The second-order valence-electron chi connectivity index (χ2n) is 5.13. The van der Waals surface area contributed by atoms with Gasteiger partial charge in [0.05, 0.1) is 11.0 Å². The van der Waals surface area contributed by atoms with Crippen molar-refractivity contribution in [2.24, 2.45) is 5.41 Å². The average molecular weight is 226 g/mol. The van der Waals surface area contributed by atoms with E-state index in [1.807, 2.05) is 6.92 Å². The van der Waals surface area contributed by atoms with Crippen molar-refractivity contribution < 1.29 is 14.7 Å². The Morgan fingerprint density at radius 3 is 2.50 bits per heavy atom. The van der Waals surface area contributed by atoms with Crippen molar-refractivity contribution in [3.8, 4) is 0 Å². The minimum Gasteiger partial charge on any atom is -0.481 e. The smallest absolute Gasteiger partial charge is 0.311 e. The van der Waals surface area contributed by atoms with E-state index in [2.05, 4.69) is 10.6 Å². The van der Waals surface area contributed by atoms with Crippen LogP contribution >= 0.6 is 0 Å². The number of carboxylic acid groups (broad SMARTS) is 1. The predicted octanol–water partition coefficient (Wildman–Crippen LogP) is 0.109. The normalized spacial score (nSPS) is 31.1. The Morgan fingerprint density at radius 1 is 1.38 bits per heavy atom. The Labute approximate surface area is 94.6 Å². The third kappa shape index (κ3) is 1.91. The van der Waals surface area contributed by atoms with Gasteiger partial charge in [-0.2, -0.15) is 0 Å². The van der Waals surface area contributed by atoms with Gasteiger partial charge in [-0.15, -0.1) is 0 Å². The molecule has 0 aromatic rings. The summed E-state index contributed by atoms with van der Waals surface area (Å²) >= 11 is 0. The Hall–Kier alpha value is -1.10. The molecule has 5 heteroatoms. The van der Waals surface area contributed by atoms with Gasteiger partial charge in [0, 0.05) is 6.54 Å². The molecule has 90 valence electrons. The zero-order valence-corrected chi connectivity index (χ0v) is 9.51.